The van der Waals surface area contributed by atoms with Crippen LogP contribution in [0.3, 0.4) is 0 Å². The molecule has 4 aliphatic rings. The van der Waals surface area contributed by atoms with Crippen LogP contribution in [0.2, 0.25) is 0 Å². The molecule has 2 N–H and O–H groups in total. The molecular formula is C28H30N2O5. The van der Waals surface area contributed by atoms with Crippen molar-refractivity contribution in [2.75, 3.05) is 19.7 Å². The Hall–Kier alpha value is -3.35. The molecule has 1 aliphatic heterocycles. The summed E-state index contributed by atoms with van der Waals surface area (Å²) in [6.07, 6.45) is 3.15. The van der Waals surface area contributed by atoms with E-state index in [-0.39, 0.29) is 36.2 Å². The van der Waals surface area contributed by atoms with Crippen molar-refractivity contribution in [3.63, 3.8) is 0 Å². The van der Waals surface area contributed by atoms with Gasteiger partial charge in [0.25, 0.3) is 0 Å². The molecule has 182 valence electrons. The second-order valence-corrected chi connectivity index (χ2v) is 10.4. The molecule has 2 aromatic carbocycles. The number of carboxylic acids is 1. The lowest BCUT2D eigenvalue weighted by molar-refractivity contribution is -0.150. The average molecular weight is 475 g/mol. The van der Waals surface area contributed by atoms with Crippen LogP contribution >= 0.6 is 0 Å². The maximum Gasteiger partial charge on any atom is 0.407 e. The lowest BCUT2D eigenvalue weighted by Crippen LogP contribution is -2.44. The highest BCUT2D eigenvalue weighted by atomic mass is 16.5. The molecule has 0 aromatic heterocycles. The molecule has 2 aromatic rings. The van der Waals surface area contributed by atoms with Gasteiger partial charge in [-0.25, -0.2) is 9.59 Å². The topological polar surface area (TPSA) is 95.9 Å². The Labute approximate surface area is 204 Å². The third kappa shape index (κ3) is 3.87. The Morgan fingerprint density at radius 3 is 2.37 bits per heavy atom. The molecule has 0 spiro atoms. The summed E-state index contributed by atoms with van der Waals surface area (Å²) in [6.45, 7) is 1.18. The fourth-order valence-electron chi connectivity index (χ4n) is 6.70. The quantitative estimate of drug-likeness (QED) is 0.663. The number of hydrogen-bond acceptors (Lipinski definition) is 4. The van der Waals surface area contributed by atoms with E-state index in [0.717, 1.165) is 30.4 Å². The van der Waals surface area contributed by atoms with E-state index in [1.807, 2.05) is 24.3 Å². The molecular weight excluding hydrogens is 444 g/mol. The van der Waals surface area contributed by atoms with Gasteiger partial charge in [0, 0.05) is 24.9 Å². The number of nitrogens with one attached hydrogen (secondary N) is 1. The summed E-state index contributed by atoms with van der Waals surface area (Å²) >= 11 is 0. The third-order valence-corrected chi connectivity index (χ3v) is 8.52. The van der Waals surface area contributed by atoms with Gasteiger partial charge in [0.2, 0.25) is 5.91 Å². The van der Waals surface area contributed by atoms with E-state index in [1.54, 1.807) is 4.90 Å². The number of ether oxygens (including phenoxy) is 1. The molecule has 35 heavy (non-hydrogen) atoms. The summed E-state index contributed by atoms with van der Waals surface area (Å²) < 4.78 is 5.59. The van der Waals surface area contributed by atoms with E-state index in [1.165, 1.54) is 11.1 Å². The van der Waals surface area contributed by atoms with Crippen LogP contribution in [0.15, 0.2) is 48.5 Å². The molecule has 1 heterocycles. The van der Waals surface area contributed by atoms with E-state index < -0.39 is 18.1 Å². The molecule has 3 unspecified atom stereocenters. The number of aliphatic carboxylic acids is 1. The number of carbonyl (C=O) groups excluding carboxylic acids is 2. The predicted octanol–water partition coefficient (Wildman–Crippen LogP) is 3.87. The summed E-state index contributed by atoms with van der Waals surface area (Å²) in [5.41, 5.74) is 4.69. The minimum atomic E-state index is -0.887. The first-order valence-corrected chi connectivity index (χ1v) is 12.6. The van der Waals surface area contributed by atoms with Crippen molar-refractivity contribution in [3.05, 3.63) is 59.7 Å². The van der Waals surface area contributed by atoms with Crippen molar-refractivity contribution >= 4 is 18.0 Å². The Morgan fingerprint density at radius 2 is 1.69 bits per heavy atom. The standard InChI is InChI=1S/C28H30N2O5/c31-26(30-14-16-6-5-11-18(16)25(30)27(32)33)23-12-17(23)13-29-28(34)35-15-24-21-9-3-1-7-19(21)20-8-2-4-10-22(20)24/h1-4,7-10,16-18,23-25H,5-6,11-15H2,(H,29,34)(H,32,33)/t16?,17-,18?,23-,25?/m1/s1. The third-order valence-electron chi connectivity index (χ3n) is 8.52. The number of amides is 2. The van der Waals surface area contributed by atoms with Crippen molar-refractivity contribution in [2.24, 2.45) is 23.7 Å². The van der Waals surface area contributed by atoms with Crippen LogP contribution < -0.4 is 5.32 Å². The van der Waals surface area contributed by atoms with E-state index >= 15 is 0 Å². The first-order valence-electron chi connectivity index (χ1n) is 12.6. The zero-order valence-corrected chi connectivity index (χ0v) is 19.6. The fraction of sp³-hybridized carbons (Fsp3) is 0.464. The van der Waals surface area contributed by atoms with Crippen molar-refractivity contribution < 1.29 is 24.2 Å². The molecule has 1 saturated heterocycles. The van der Waals surface area contributed by atoms with Gasteiger partial charge in [-0.05, 0) is 59.3 Å². The van der Waals surface area contributed by atoms with Crippen LogP contribution in [0, 0.1) is 23.7 Å². The van der Waals surface area contributed by atoms with Crippen LogP contribution in [0.5, 0.6) is 0 Å². The van der Waals surface area contributed by atoms with E-state index in [0.29, 0.717) is 25.4 Å². The highest BCUT2D eigenvalue weighted by Gasteiger charge is 2.54. The van der Waals surface area contributed by atoms with Crippen LogP contribution in [-0.2, 0) is 14.3 Å². The van der Waals surface area contributed by atoms with Crippen molar-refractivity contribution in [2.45, 2.75) is 37.6 Å². The van der Waals surface area contributed by atoms with Crippen molar-refractivity contribution in [1.29, 1.82) is 0 Å². The normalized spacial score (nSPS) is 28.2. The molecule has 5 atom stereocenters. The molecule has 3 aliphatic carbocycles. The summed E-state index contributed by atoms with van der Waals surface area (Å²) in [5, 5.41) is 12.5. The van der Waals surface area contributed by atoms with Gasteiger partial charge < -0.3 is 20.1 Å². The number of alkyl carbamates (subject to hydrolysis) is 1. The predicted molar refractivity (Wildman–Crippen MR) is 129 cm³/mol. The minimum Gasteiger partial charge on any atom is -0.480 e. The minimum absolute atomic E-state index is 0.00553. The molecule has 7 heteroatoms. The van der Waals surface area contributed by atoms with Gasteiger partial charge in [-0.2, -0.15) is 0 Å². The fourth-order valence-corrected chi connectivity index (χ4v) is 6.70. The highest BCUT2D eigenvalue weighted by molar-refractivity contribution is 5.88. The summed E-state index contributed by atoms with van der Waals surface area (Å²) in [5.74, 6) is -0.704. The monoisotopic (exact) mass is 474 g/mol. The van der Waals surface area contributed by atoms with Crippen molar-refractivity contribution in [3.8, 4) is 11.1 Å². The van der Waals surface area contributed by atoms with Gasteiger partial charge in [0.05, 0.1) is 0 Å². The Balaban J connectivity index is 1.01. The number of nitrogens with zero attached hydrogens (tertiary/aromatic N) is 1. The van der Waals surface area contributed by atoms with Gasteiger partial charge in [-0.1, -0.05) is 55.0 Å². The zero-order valence-electron chi connectivity index (χ0n) is 19.6. The number of benzene rings is 2. The lowest BCUT2D eigenvalue weighted by Gasteiger charge is -2.24. The highest BCUT2D eigenvalue weighted by Crippen LogP contribution is 2.47. The van der Waals surface area contributed by atoms with Gasteiger partial charge in [-0.3, -0.25) is 4.79 Å². The summed E-state index contributed by atoms with van der Waals surface area (Å²) in [7, 11) is 0. The van der Waals surface area contributed by atoms with E-state index in [9.17, 15) is 19.5 Å². The number of carboxylic acid groups (broad SMARTS) is 1. The smallest absolute Gasteiger partial charge is 0.407 e. The van der Waals surface area contributed by atoms with E-state index in [4.69, 9.17) is 4.74 Å². The first kappa shape index (κ1) is 22.1. The van der Waals surface area contributed by atoms with Crippen LogP contribution in [-0.4, -0.2) is 53.7 Å². The molecule has 6 rings (SSSR count). The SMILES string of the molecule is O=C(NC[C@H]1C[C@H]1C(=O)N1CC2CCCC2C1C(=O)O)OCC1c2ccccc2-c2ccccc21. The molecule has 2 saturated carbocycles. The van der Waals surface area contributed by atoms with Gasteiger partial charge in [-0.15, -0.1) is 0 Å². The summed E-state index contributed by atoms with van der Waals surface area (Å²) in [4.78, 5) is 39.0. The number of carbonyl (C=O) groups is 3. The number of hydrogen-bond donors (Lipinski definition) is 2. The second-order valence-electron chi connectivity index (χ2n) is 10.4. The van der Waals surface area contributed by atoms with Crippen LogP contribution in [0.1, 0.15) is 42.7 Å². The second kappa shape index (κ2) is 8.70. The Morgan fingerprint density at radius 1 is 1.00 bits per heavy atom. The molecule has 3 fully saturated rings. The summed E-state index contributed by atoms with van der Waals surface area (Å²) in [6, 6.07) is 15.7. The number of rotatable bonds is 6. The van der Waals surface area contributed by atoms with Gasteiger partial charge in [0.1, 0.15) is 12.6 Å². The average Bonchev–Trinajstić information content (AvgIpc) is 3.18. The van der Waals surface area contributed by atoms with Crippen LogP contribution in [0.25, 0.3) is 11.1 Å². The van der Waals surface area contributed by atoms with Gasteiger partial charge >= 0.3 is 12.1 Å². The Bertz CT molecular complexity index is 1130. The largest absolute Gasteiger partial charge is 0.480 e. The number of likely N-dealkylation sites (tertiary alicyclic amines) is 1. The Kier molecular flexibility index (Phi) is 5.50. The lowest BCUT2D eigenvalue weighted by atomic mass is 9.94. The molecule has 0 bridgehead atoms. The zero-order chi connectivity index (χ0) is 24.1. The molecule has 7 nitrogen and oxygen atoms in total. The molecule has 0 radical (unpaired) electrons. The number of fused-ring (bicyclic) bond motifs is 4. The first-order chi connectivity index (χ1) is 17.0. The van der Waals surface area contributed by atoms with E-state index in [2.05, 4.69) is 29.6 Å². The maximum absolute atomic E-state index is 13.1. The molecule has 2 amide bonds. The van der Waals surface area contributed by atoms with Crippen LogP contribution in [0.4, 0.5) is 4.79 Å². The van der Waals surface area contributed by atoms with Crippen molar-refractivity contribution in [1.82, 2.24) is 10.2 Å². The maximum atomic E-state index is 13.1. The van der Waals surface area contributed by atoms with Gasteiger partial charge in [0.15, 0.2) is 0 Å².